The number of hydrogen-bond acceptors (Lipinski definition) is 6. The molecule has 3 aromatic rings. The number of carbonyl (C=O) groups is 1. The fourth-order valence-corrected chi connectivity index (χ4v) is 4.17. The minimum atomic E-state index is 0.711. The van der Waals surface area contributed by atoms with Gasteiger partial charge in [0.1, 0.15) is 11.6 Å². The van der Waals surface area contributed by atoms with Gasteiger partial charge in [-0.3, -0.25) is 9.69 Å². The molecule has 2 heterocycles. The number of rotatable bonds is 9. The molecule has 0 radical (unpaired) electrons. The molecule has 2 aliphatic rings. The van der Waals surface area contributed by atoms with Crippen LogP contribution in [0.5, 0.6) is 0 Å². The van der Waals surface area contributed by atoms with Crippen LogP contribution in [0.2, 0.25) is 0 Å². The molecule has 1 aliphatic heterocycles. The average molecular weight is 461 g/mol. The third-order valence-electron chi connectivity index (χ3n) is 6.31. The third-order valence-corrected chi connectivity index (χ3v) is 6.31. The van der Waals surface area contributed by atoms with Crippen molar-refractivity contribution in [1.82, 2.24) is 25.1 Å². The van der Waals surface area contributed by atoms with Crippen LogP contribution >= 0.6 is 0 Å². The molecule has 5 rings (SSSR count). The lowest BCUT2D eigenvalue weighted by Gasteiger charge is -2.32. The number of amides is 1. The number of piperazine rings is 1. The Bertz CT molecular complexity index is 1030. The molecule has 0 unspecified atom stereocenters. The van der Waals surface area contributed by atoms with Gasteiger partial charge in [-0.25, -0.2) is 9.97 Å². The normalized spacial score (nSPS) is 16.1. The highest BCUT2D eigenvalue weighted by molar-refractivity contribution is 5.88. The molecule has 7 heteroatoms. The molecule has 1 saturated carbocycles. The molecule has 34 heavy (non-hydrogen) atoms. The largest absolute Gasteiger partial charge is 0.369 e. The number of nitrogens with zero attached hydrogens (tertiary/aromatic N) is 4. The summed E-state index contributed by atoms with van der Waals surface area (Å²) in [5, 5.41) is 7.67. The first-order valence-electron chi connectivity index (χ1n) is 12.4. The summed E-state index contributed by atoms with van der Waals surface area (Å²) in [7, 11) is 1.96. The number of para-hydroxylation sites is 1. The SMILES string of the molecule is CNCCCNc1nc(CN2CCN(C=O)CC2)nc2ccccc12.c1ccc(C2CC2)cc1. The molecular formula is C27H36N6O. The van der Waals surface area contributed by atoms with Crippen molar-refractivity contribution in [2.75, 3.05) is 51.6 Å². The maximum atomic E-state index is 10.8. The predicted octanol–water partition coefficient (Wildman–Crippen LogP) is 3.49. The number of fused-ring (bicyclic) bond motifs is 1. The van der Waals surface area contributed by atoms with Crippen molar-refractivity contribution < 1.29 is 4.79 Å². The standard InChI is InChI=1S/C18H26N6O.C9H10/c1-19-7-4-8-20-18-15-5-2-3-6-16(15)21-17(22-18)13-23-9-11-24(14-25)12-10-23;1-2-4-8(5-3-1)9-6-7-9/h2-3,5-6,14,19H,4,7-13H2,1H3,(H,20,21,22);1-5,9H,6-7H2. The lowest BCUT2D eigenvalue weighted by molar-refractivity contribution is -0.119. The molecule has 2 aromatic carbocycles. The number of benzene rings is 2. The van der Waals surface area contributed by atoms with Crippen LogP contribution in [0.15, 0.2) is 54.6 Å². The van der Waals surface area contributed by atoms with Crippen LogP contribution in [0.3, 0.4) is 0 Å². The van der Waals surface area contributed by atoms with Crippen molar-refractivity contribution in [3.8, 4) is 0 Å². The third kappa shape index (κ3) is 6.98. The number of anilines is 1. The Morgan fingerprint density at radius 3 is 2.38 bits per heavy atom. The van der Waals surface area contributed by atoms with Crippen molar-refractivity contribution in [2.45, 2.75) is 31.7 Å². The fourth-order valence-electron chi connectivity index (χ4n) is 4.17. The summed E-state index contributed by atoms with van der Waals surface area (Å²) in [6.07, 6.45) is 4.78. The Labute approximate surface area is 202 Å². The van der Waals surface area contributed by atoms with Crippen molar-refractivity contribution in [3.05, 3.63) is 66.0 Å². The lowest BCUT2D eigenvalue weighted by atomic mass is 10.1. The van der Waals surface area contributed by atoms with E-state index >= 15 is 0 Å². The quantitative estimate of drug-likeness (QED) is 0.376. The monoisotopic (exact) mass is 460 g/mol. The van der Waals surface area contributed by atoms with Gasteiger partial charge in [-0.2, -0.15) is 0 Å². The van der Waals surface area contributed by atoms with Crippen LogP contribution < -0.4 is 10.6 Å². The van der Waals surface area contributed by atoms with Crippen molar-refractivity contribution >= 4 is 23.1 Å². The van der Waals surface area contributed by atoms with E-state index < -0.39 is 0 Å². The number of nitrogens with one attached hydrogen (secondary N) is 2. The van der Waals surface area contributed by atoms with Crippen molar-refractivity contribution in [2.24, 2.45) is 0 Å². The van der Waals surface area contributed by atoms with E-state index in [-0.39, 0.29) is 0 Å². The van der Waals surface area contributed by atoms with Crippen LogP contribution in [0.4, 0.5) is 5.82 Å². The molecule has 1 saturated heterocycles. The van der Waals surface area contributed by atoms with Gasteiger partial charge in [-0.15, -0.1) is 0 Å². The molecule has 1 aromatic heterocycles. The van der Waals surface area contributed by atoms with Gasteiger partial charge in [-0.1, -0.05) is 42.5 Å². The molecule has 7 nitrogen and oxygen atoms in total. The second-order valence-electron chi connectivity index (χ2n) is 8.99. The topological polar surface area (TPSA) is 73.4 Å². The zero-order chi connectivity index (χ0) is 23.6. The summed E-state index contributed by atoms with van der Waals surface area (Å²) in [5.74, 6) is 2.64. The summed E-state index contributed by atoms with van der Waals surface area (Å²) in [6, 6.07) is 18.9. The van der Waals surface area contributed by atoms with Gasteiger partial charge >= 0.3 is 0 Å². The Morgan fingerprint density at radius 1 is 0.941 bits per heavy atom. The predicted molar refractivity (Wildman–Crippen MR) is 138 cm³/mol. The van der Waals surface area contributed by atoms with Gasteiger partial charge in [0, 0.05) is 38.1 Å². The van der Waals surface area contributed by atoms with Gasteiger partial charge in [-0.05, 0) is 56.5 Å². The highest BCUT2D eigenvalue weighted by Gasteiger charge is 2.22. The Kier molecular flexibility index (Phi) is 8.82. The average Bonchev–Trinajstić information content (AvgIpc) is 3.74. The van der Waals surface area contributed by atoms with E-state index in [1.54, 1.807) is 0 Å². The Hall–Kier alpha value is -3.03. The van der Waals surface area contributed by atoms with Gasteiger partial charge in [0.2, 0.25) is 6.41 Å². The molecular weight excluding hydrogens is 424 g/mol. The summed E-state index contributed by atoms with van der Waals surface area (Å²) in [6.45, 7) is 5.82. The zero-order valence-corrected chi connectivity index (χ0v) is 20.1. The molecule has 1 amide bonds. The Balaban J connectivity index is 0.000000252. The molecule has 1 aliphatic carbocycles. The summed E-state index contributed by atoms with van der Waals surface area (Å²) >= 11 is 0. The van der Waals surface area contributed by atoms with Crippen LogP contribution in [0.25, 0.3) is 10.9 Å². The summed E-state index contributed by atoms with van der Waals surface area (Å²) < 4.78 is 0. The number of hydrogen-bond donors (Lipinski definition) is 2. The fraction of sp³-hybridized carbons (Fsp3) is 0.444. The maximum absolute atomic E-state index is 10.8. The summed E-state index contributed by atoms with van der Waals surface area (Å²) in [5.41, 5.74) is 2.49. The van der Waals surface area contributed by atoms with E-state index in [0.29, 0.717) is 6.54 Å². The van der Waals surface area contributed by atoms with Crippen LogP contribution in [0.1, 0.15) is 36.6 Å². The summed E-state index contributed by atoms with van der Waals surface area (Å²) in [4.78, 5) is 24.4. The zero-order valence-electron chi connectivity index (χ0n) is 20.1. The van der Waals surface area contributed by atoms with E-state index in [1.165, 1.54) is 18.4 Å². The molecule has 0 spiro atoms. The minimum absolute atomic E-state index is 0.711. The highest BCUT2D eigenvalue weighted by Crippen LogP contribution is 2.39. The van der Waals surface area contributed by atoms with Crippen LogP contribution in [-0.2, 0) is 11.3 Å². The van der Waals surface area contributed by atoms with Crippen molar-refractivity contribution in [3.63, 3.8) is 0 Å². The second-order valence-corrected chi connectivity index (χ2v) is 8.99. The highest BCUT2D eigenvalue weighted by atomic mass is 16.1. The van der Waals surface area contributed by atoms with E-state index in [0.717, 1.165) is 80.6 Å². The number of carbonyl (C=O) groups excluding carboxylic acids is 1. The molecule has 2 N–H and O–H groups in total. The van der Waals surface area contributed by atoms with Gasteiger partial charge in [0.15, 0.2) is 0 Å². The van der Waals surface area contributed by atoms with E-state index in [2.05, 4.69) is 51.9 Å². The Morgan fingerprint density at radius 2 is 1.68 bits per heavy atom. The van der Waals surface area contributed by atoms with Crippen molar-refractivity contribution in [1.29, 1.82) is 0 Å². The first-order valence-corrected chi connectivity index (χ1v) is 12.4. The van der Waals surface area contributed by atoms with E-state index in [1.807, 2.05) is 30.1 Å². The van der Waals surface area contributed by atoms with Gasteiger partial charge < -0.3 is 15.5 Å². The first kappa shape index (κ1) is 24.1. The smallest absolute Gasteiger partial charge is 0.209 e. The van der Waals surface area contributed by atoms with Crippen LogP contribution in [0, 0.1) is 0 Å². The molecule has 0 bridgehead atoms. The molecule has 0 atom stereocenters. The molecule has 180 valence electrons. The van der Waals surface area contributed by atoms with Gasteiger partial charge in [0.25, 0.3) is 0 Å². The van der Waals surface area contributed by atoms with Crippen LogP contribution in [-0.4, -0.2) is 72.5 Å². The first-order chi connectivity index (χ1) is 16.8. The van der Waals surface area contributed by atoms with E-state index in [9.17, 15) is 4.79 Å². The number of aromatic nitrogens is 2. The molecule has 2 fully saturated rings. The lowest BCUT2D eigenvalue weighted by Crippen LogP contribution is -2.45. The van der Waals surface area contributed by atoms with E-state index in [4.69, 9.17) is 9.97 Å². The second kappa shape index (κ2) is 12.4. The van der Waals surface area contributed by atoms with Gasteiger partial charge in [0.05, 0.1) is 12.1 Å². The minimum Gasteiger partial charge on any atom is -0.369 e. The maximum Gasteiger partial charge on any atom is 0.209 e.